The number of carboxylic acid groups (broad SMARTS) is 1. The number of carbonyl (C=O) groups excluding carboxylic acids is 1. The van der Waals surface area contributed by atoms with Gasteiger partial charge in [0, 0.05) is 34.6 Å². The average molecular weight is 563 g/mol. The summed E-state index contributed by atoms with van der Waals surface area (Å²) >= 11 is 6.35. The second-order valence-electron chi connectivity index (χ2n) is 11.0. The Morgan fingerprint density at radius 1 is 1.15 bits per heavy atom. The number of amides is 1. The number of benzene rings is 2. The molecule has 2 aromatic heterocycles. The summed E-state index contributed by atoms with van der Waals surface area (Å²) in [6, 6.07) is 11.9. The first-order valence-corrected chi connectivity index (χ1v) is 13.6. The van der Waals surface area contributed by atoms with Crippen LogP contribution >= 0.6 is 11.6 Å². The van der Waals surface area contributed by atoms with E-state index in [1.54, 1.807) is 41.3 Å². The van der Waals surface area contributed by atoms with Crippen LogP contribution in [-0.2, 0) is 11.3 Å². The van der Waals surface area contributed by atoms with E-state index in [-0.39, 0.29) is 35.5 Å². The first-order chi connectivity index (χ1) is 19.2. The van der Waals surface area contributed by atoms with E-state index in [9.17, 15) is 14.0 Å². The van der Waals surface area contributed by atoms with Crippen molar-refractivity contribution in [3.63, 3.8) is 0 Å². The number of rotatable bonds is 8. The predicted molar refractivity (Wildman–Crippen MR) is 148 cm³/mol. The molecule has 2 saturated carbocycles. The third kappa shape index (κ3) is 5.01. The fraction of sp³-hybridized carbons (Fsp3) is 0.333. The van der Waals surface area contributed by atoms with Gasteiger partial charge in [-0.3, -0.25) is 19.3 Å². The Hall–Kier alpha value is -3.98. The van der Waals surface area contributed by atoms with Crippen LogP contribution in [-0.4, -0.2) is 44.9 Å². The van der Waals surface area contributed by atoms with Crippen molar-refractivity contribution in [3.8, 4) is 17.0 Å². The maximum absolute atomic E-state index is 14.1. The van der Waals surface area contributed by atoms with E-state index in [0.717, 1.165) is 36.6 Å². The molecule has 0 atom stereocenters. The minimum absolute atomic E-state index is 0.0585. The number of nitrogens with one attached hydrogen (secondary N) is 1. The molecule has 0 unspecified atom stereocenters. The Balaban J connectivity index is 1.16. The second-order valence-corrected chi connectivity index (χ2v) is 11.5. The lowest BCUT2D eigenvalue weighted by Gasteiger charge is -2.57. The zero-order valence-corrected chi connectivity index (χ0v) is 22.6. The summed E-state index contributed by atoms with van der Waals surface area (Å²) in [5.74, 6) is -0.979. The number of hydrogen-bond donors (Lipinski definition) is 2. The lowest BCUT2D eigenvalue weighted by molar-refractivity contribution is -0.142. The molecule has 2 aliphatic carbocycles. The van der Waals surface area contributed by atoms with Gasteiger partial charge in [-0.2, -0.15) is 5.10 Å². The van der Waals surface area contributed by atoms with Gasteiger partial charge >= 0.3 is 5.97 Å². The molecule has 4 aromatic rings. The molecule has 2 heterocycles. The highest BCUT2D eigenvalue weighted by Crippen LogP contribution is 2.59. The molecule has 40 heavy (non-hydrogen) atoms. The zero-order chi connectivity index (χ0) is 28.0. The van der Waals surface area contributed by atoms with E-state index in [2.05, 4.69) is 15.4 Å². The van der Waals surface area contributed by atoms with Gasteiger partial charge in [0.1, 0.15) is 0 Å². The lowest BCUT2D eigenvalue weighted by atomic mass is 9.49. The monoisotopic (exact) mass is 562 g/mol. The van der Waals surface area contributed by atoms with E-state index in [1.807, 2.05) is 12.1 Å². The van der Waals surface area contributed by atoms with Crippen molar-refractivity contribution in [2.24, 2.45) is 11.3 Å². The highest BCUT2D eigenvalue weighted by atomic mass is 35.5. The first-order valence-electron chi connectivity index (χ1n) is 13.2. The number of pyridine rings is 1. The molecule has 2 aromatic carbocycles. The fourth-order valence-corrected chi connectivity index (χ4v) is 6.64. The number of carboxylic acids is 1. The zero-order valence-electron chi connectivity index (χ0n) is 21.9. The molecule has 0 radical (unpaired) electrons. The van der Waals surface area contributed by atoms with Gasteiger partial charge in [0.2, 0.25) is 0 Å². The van der Waals surface area contributed by atoms with Crippen LogP contribution in [0.5, 0.6) is 5.75 Å². The molecule has 2 aliphatic rings. The standard InChI is InChI=1S/C30H28ClFN4O4/c1-40-26-5-3-19(8-24(26)32)25-4-2-17(14-33-25)16-36-28-20(15-34-36)7-21(31)9-23(28)29(39)35-22-12-30(13-22)10-18(11-30)6-27(37)38/h2-5,7-9,14-15,18,22H,6,10-13,16H2,1H3,(H,35,39)(H,37,38). The van der Waals surface area contributed by atoms with Gasteiger partial charge in [-0.15, -0.1) is 0 Å². The summed E-state index contributed by atoms with van der Waals surface area (Å²) in [4.78, 5) is 28.8. The van der Waals surface area contributed by atoms with Crippen LogP contribution in [0.1, 0.15) is 48.0 Å². The largest absolute Gasteiger partial charge is 0.494 e. The molecule has 0 saturated heterocycles. The van der Waals surface area contributed by atoms with Gasteiger partial charge in [0.05, 0.1) is 36.6 Å². The van der Waals surface area contributed by atoms with Crippen molar-refractivity contribution < 1.29 is 23.8 Å². The molecular weight excluding hydrogens is 535 g/mol. The van der Waals surface area contributed by atoms with Crippen LogP contribution in [0, 0.1) is 17.2 Å². The molecule has 10 heteroatoms. The third-order valence-corrected chi connectivity index (χ3v) is 8.37. The quantitative estimate of drug-likeness (QED) is 0.285. The van der Waals surface area contributed by atoms with Gasteiger partial charge in [-0.25, -0.2) is 4.39 Å². The molecule has 6 rings (SSSR count). The molecule has 2 N–H and O–H groups in total. The van der Waals surface area contributed by atoms with Crippen LogP contribution in [0.4, 0.5) is 4.39 Å². The summed E-state index contributed by atoms with van der Waals surface area (Å²) in [6.07, 6.45) is 7.20. The number of aromatic nitrogens is 3. The number of aliphatic carboxylic acids is 1. The molecule has 0 bridgehead atoms. The normalized spacial score (nSPS) is 21.6. The average Bonchev–Trinajstić information content (AvgIpc) is 3.27. The number of halogens is 2. The summed E-state index contributed by atoms with van der Waals surface area (Å²) in [6.45, 7) is 0.382. The Kier molecular flexibility index (Phi) is 6.70. The van der Waals surface area contributed by atoms with Crippen LogP contribution in [0.25, 0.3) is 22.2 Å². The van der Waals surface area contributed by atoms with Crippen LogP contribution in [0.3, 0.4) is 0 Å². The Morgan fingerprint density at radius 3 is 2.62 bits per heavy atom. The van der Waals surface area contributed by atoms with Gasteiger partial charge in [-0.1, -0.05) is 17.7 Å². The topological polar surface area (TPSA) is 106 Å². The minimum Gasteiger partial charge on any atom is -0.494 e. The second kappa shape index (κ2) is 10.2. The van der Waals surface area contributed by atoms with Crippen molar-refractivity contribution in [2.45, 2.75) is 44.7 Å². The van der Waals surface area contributed by atoms with E-state index in [4.69, 9.17) is 21.4 Å². The molecule has 1 spiro atoms. The third-order valence-electron chi connectivity index (χ3n) is 8.15. The summed E-state index contributed by atoms with van der Waals surface area (Å²) in [5, 5.41) is 17.9. The number of fused-ring (bicyclic) bond motifs is 1. The predicted octanol–water partition coefficient (Wildman–Crippen LogP) is 5.71. The Labute approximate surface area is 235 Å². The van der Waals surface area contributed by atoms with Gasteiger partial charge in [0.25, 0.3) is 5.91 Å². The van der Waals surface area contributed by atoms with Crippen LogP contribution in [0.2, 0.25) is 5.02 Å². The van der Waals surface area contributed by atoms with Crippen molar-refractivity contribution in [2.75, 3.05) is 7.11 Å². The summed E-state index contributed by atoms with van der Waals surface area (Å²) in [5.41, 5.74) is 3.45. The summed E-state index contributed by atoms with van der Waals surface area (Å²) in [7, 11) is 1.42. The fourth-order valence-electron chi connectivity index (χ4n) is 6.42. The SMILES string of the molecule is COc1ccc(-c2ccc(Cn3ncc4cc(Cl)cc(C(=O)NC5CC6(CC(CC(=O)O)C6)C5)c43)cn2)cc1F. The van der Waals surface area contributed by atoms with Crippen LogP contribution in [0.15, 0.2) is 54.9 Å². The summed E-state index contributed by atoms with van der Waals surface area (Å²) < 4.78 is 20.9. The van der Waals surface area contributed by atoms with Crippen molar-refractivity contribution in [1.82, 2.24) is 20.1 Å². The first kappa shape index (κ1) is 26.3. The lowest BCUT2D eigenvalue weighted by Crippen LogP contribution is -2.56. The Morgan fingerprint density at radius 2 is 1.95 bits per heavy atom. The van der Waals surface area contributed by atoms with E-state index in [1.165, 1.54) is 13.2 Å². The van der Waals surface area contributed by atoms with Crippen LogP contribution < -0.4 is 10.1 Å². The number of hydrogen-bond acceptors (Lipinski definition) is 5. The van der Waals surface area contributed by atoms with Crippen molar-refractivity contribution in [3.05, 3.63) is 76.8 Å². The number of methoxy groups -OCH3 is 1. The molecule has 2 fully saturated rings. The van der Waals surface area contributed by atoms with E-state index < -0.39 is 11.8 Å². The molecule has 8 nitrogen and oxygen atoms in total. The van der Waals surface area contributed by atoms with Crippen molar-refractivity contribution >= 4 is 34.4 Å². The number of nitrogens with zero attached hydrogens (tertiary/aromatic N) is 3. The highest BCUT2D eigenvalue weighted by molar-refractivity contribution is 6.32. The Bertz CT molecular complexity index is 1610. The molecular formula is C30H28ClFN4O4. The molecule has 0 aliphatic heterocycles. The number of carbonyl (C=O) groups is 2. The smallest absolute Gasteiger partial charge is 0.303 e. The van der Waals surface area contributed by atoms with Gasteiger partial charge in [-0.05, 0) is 79.0 Å². The van der Waals surface area contributed by atoms with E-state index in [0.29, 0.717) is 33.9 Å². The van der Waals surface area contributed by atoms with Gasteiger partial charge < -0.3 is 15.2 Å². The molecule has 206 valence electrons. The maximum Gasteiger partial charge on any atom is 0.303 e. The van der Waals surface area contributed by atoms with Crippen molar-refractivity contribution in [1.29, 1.82) is 0 Å². The maximum atomic E-state index is 14.1. The molecule has 1 amide bonds. The number of ether oxygens (including phenoxy) is 1. The van der Waals surface area contributed by atoms with Gasteiger partial charge in [0.15, 0.2) is 11.6 Å². The minimum atomic E-state index is -0.745. The highest BCUT2D eigenvalue weighted by Gasteiger charge is 2.53. The van der Waals surface area contributed by atoms with E-state index >= 15 is 0 Å².